The number of carbonyl (C=O) groups is 2. The van der Waals surface area contributed by atoms with Gasteiger partial charge < -0.3 is 29.6 Å². The van der Waals surface area contributed by atoms with Crippen molar-refractivity contribution in [2.45, 2.75) is 104 Å². The number of rotatable bonds is 11. The molecule has 0 aromatic carbocycles. The number of nitrogens with one attached hydrogen (secondary N) is 1. The third-order valence-electron chi connectivity index (χ3n) is 8.29. The molecular formula is C29H49N4NaO5. The molecule has 0 bridgehead atoms. The van der Waals surface area contributed by atoms with Crippen LogP contribution in [0.4, 0.5) is 0 Å². The van der Waals surface area contributed by atoms with Crippen LogP contribution in [-0.4, -0.2) is 65.5 Å². The minimum Gasteiger partial charge on any atom is -0.550 e. The zero-order valence-corrected chi connectivity index (χ0v) is 27.5. The smallest absolute Gasteiger partial charge is 0.550 e. The van der Waals surface area contributed by atoms with Gasteiger partial charge in [0.25, 0.3) is 0 Å². The molecule has 4 atom stereocenters. The van der Waals surface area contributed by atoms with Gasteiger partial charge in [0.15, 0.2) is 0 Å². The number of aliphatic carboxylic acids is 1. The van der Waals surface area contributed by atoms with Crippen LogP contribution in [-0.2, 0) is 25.6 Å². The largest absolute Gasteiger partial charge is 1.00 e. The van der Waals surface area contributed by atoms with E-state index in [9.17, 15) is 14.7 Å². The number of hydrogen-bond acceptors (Lipinski definition) is 8. The summed E-state index contributed by atoms with van der Waals surface area (Å²) in [4.78, 5) is 26.4. The Balaban J connectivity index is 0.00000533. The first-order valence-corrected chi connectivity index (χ1v) is 14.3. The summed E-state index contributed by atoms with van der Waals surface area (Å²) in [6, 6.07) is 0. The molecule has 10 heteroatoms. The summed E-state index contributed by atoms with van der Waals surface area (Å²) in [5, 5.41) is 20.4. The minimum absolute atomic E-state index is 0. The molecule has 1 aromatic heterocycles. The topological polar surface area (TPSA) is 109 Å². The van der Waals surface area contributed by atoms with Gasteiger partial charge in [-0.15, -0.1) is 0 Å². The number of carboxylic acids is 1. The fourth-order valence-electron chi connectivity index (χ4n) is 6.13. The SMILES string of the molecule is CCC1CC(c2nn(C3CCCCO3)cc2CN(C)CCNCC(=O)OC(C)(C)C)CC(C(=O)[O-])C1(C)C.[Na+]. The van der Waals surface area contributed by atoms with Crippen LogP contribution >= 0.6 is 0 Å². The molecule has 1 saturated carbocycles. The summed E-state index contributed by atoms with van der Waals surface area (Å²) in [5.74, 6) is -1.38. The second-order valence-electron chi connectivity index (χ2n) is 12.8. The summed E-state index contributed by atoms with van der Waals surface area (Å²) in [7, 11) is 2.05. The van der Waals surface area contributed by atoms with Crippen molar-refractivity contribution in [3.05, 3.63) is 17.5 Å². The van der Waals surface area contributed by atoms with Gasteiger partial charge in [-0.2, -0.15) is 5.10 Å². The average Bonchev–Trinajstić information content (AvgIpc) is 3.24. The molecule has 2 fully saturated rings. The van der Waals surface area contributed by atoms with Crippen molar-refractivity contribution in [1.29, 1.82) is 0 Å². The van der Waals surface area contributed by atoms with Crippen LogP contribution in [0.25, 0.3) is 0 Å². The van der Waals surface area contributed by atoms with Gasteiger partial charge in [-0.3, -0.25) is 4.79 Å². The molecule has 1 aliphatic carbocycles. The Morgan fingerprint density at radius 2 is 2.00 bits per heavy atom. The molecule has 1 aromatic rings. The summed E-state index contributed by atoms with van der Waals surface area (Å²) >= 11 is 0. The van der Waals surface area contributed by atoms with Crippen LogP contribution < -0.4 is 40.0 Å². The van der Waals surface area contributed by atoms with Crippen LogP contribution in [0.3, 0.4) is 0 Å². The predicted octanol–water partition coefficient (Wildman–Crippen LogP) is 0.245. The third kappa shape index (κ3) is 9.54. The number of carbonyl (C=O) groups excluding carboxylic acids is 2. The normalized spacial score (nSPS) is 25.2. The Bertz CT molecular complexity index is 939. The second kappa shape index (κ2) is 14.8. The van der Waals surface area contributed by atoms with Gasteiger partial charge in [0.2, 0.25) is 0 Å². The number of carboxylic acid groups (broad SMARTS) is 1. The first-order chi connectivity index (χ1) is 17.8. The van der Waals surface area contributed by atoms with Crippen molar-refractivity contribution in [2.24, 2.45) is 17.3 Å². The fraction of sp³-hybridized carbons (Fsp3) is 0.828. The fourth-order valence-corrected chi connectivity index (χ4v) is 6.13. The van der Waals surface area contributed by atoms with E-state index in [0.29, 0.717) is 19.5 Å². The Morgan fingerprint density at radius 1 is 1.28 bits per heavy atom. The van der Waals surface area contributed by atoms with Crippen LogP contribution in [0.2, 0.25) is 0 Å². The molecule has 2 heterocycles. The van der Waals surface area contributed by atoms with Gasteiger partial charge in [0, 0.05) is 55.8 Å². The molecule has 216 valence electrons. The second-order valence-corrected chi connectivity index (χ2v) is 12.8. The van der Waals surface area contributed by atoms with Crippen LogP contribution in [0, 0.1) is 17.3 Å². The zero-order valence-electron chi connectivity index (χ0n) is 25.5. The van der Waals surface area contributed by atoms with Gasteiger partial charge >= 0.3 is 35.5 Å². The quantitative estimate of drug-likeness (QED) is 0.235. The maximum Gasteiger partial charge on any atom is 1.00 e. The first kappa shape index (κ1) is 34.2. The standard InChI is InChI=1S/C29H50N4O5.Na/c1-8-22-15-20(16-23(27(35)36)29(22,5)6)26-21(19-33(31-26)24-11-9-10-14-37-24)18-32(7)13-12-30-17-25(34)38-28(2,3)4;/h19-20,22-24,30H,8-18H2,1-7H3,(H,35,36);/q;+1/p-1. The third-order valence-corrected chi connectivity index (χ3v) is 8.29. The molecule has 0 radical (unpaired) electrons. The number of likely N-dealkylation sites (N-methyl/N-ethyl adjacent to an activating group) is 1. The van der Waals surface area contributed by atoms with Crippen molar-refractivity contribution in [1.82, 2.24) is 20.0 Å². The number of ether oxygens (including phenoxy) is 2. The van der Waals surface area contributed by atoms with Gasteiger partial charge in [-0.05, 0) is 71.3 Å². The summed E-state index contributed by atoms with van der Waals surface area (Å²) in [5.41, 5.74) is 1.31. The predicted molar refractivity (Wildman–Crippen MR) is 144 cm³/mol. The van der Waals surface area contributed by atoms with E-state index in [0.717, 1.165) is 56.5 Å². The van der Waals surface area contributed by atoms with Crippen LogP contribution in [0.5, 0.6) is 0 Å². The Kier molecular flexibility index (Phi) is 13.0. The molecule has 4 unspecified atom stereocenters. The number of hydrogen-bond donors (Lipinski definition) is 1. The van der Waals surface area contributed by atoms with E-state index >= 15 is 0 Å². The van der Waals surface area contributed by atoms with Gasteiger partial charge in [-0.25, -0.2) is 4.68 Å². The monoisotopic (exact) mass is 556 g/mol. The van der Waals surface area contributed by atoms with Crippen molar-refractivity contribution in [3.8, 4) is 0 Å². The van der Waals surface area contributed by atoms with Crippen molar-refractivity contribution < 1.29 is 53.7 Å². The average molecular weight is 557 g/mol. The molecule has 0 amide bonds. The Morgan fingerprint density at radius 3 is 2.59 bits per heavy atom. The zero-order chi connectivity index (χ0) is 28.1. The van der Waals surface area contributed by atoms with Crippen LogP contribution in [0.15, 0.2) is 6.20 Å². The van der Waals surface area contributed by atoms with E-state index in [1.165, 1.54) is 0 Å². The molecule has 1 N–H and O–H groups in total. The first-order valence-electron chi connectivity index (χ1n) is 14.3. The van der Waals surface area contributed by atoms with Gasteiger partial charge in [0.1, 0.15) is 11.8 Å². The van der Waals surface area contributed by atoms with Crippen molar-refractivity contribution >= 4 is 11.9 Å². The summed E-state index contributed by atoms with van der Waals surface area (Å²) in [6.07, 6.45) is 7.54. The Hall–Kier alpha value is -0.970. The maximum atomic E-state index is 12.2. The van der Waals surface area contributed by atoms with E-state index < -0.39 is 17.5 Å². The molecule has 3 rings (SSSR count). The van der Waals surface area contributed by atoms with Crippen LogP contribution in [0.1, 0.15) is 103 Å². The maximum absolute atomic E-state index is 12.2. The van der Waals surface area contributed by atoms with E-state index in [2.05, 4.69) is 44.2 Å². The number of aromatic nitrogens is 2. The molecule has 9 nitrogen and oxygen atoms in total. The molecular weight excluding hydrogens is 507 g/mol. The van der Waals surface area contributed by atoms with E-state index in [1.807, 2.05) is 25.5 Å². The van der Waals surface area contributed by atoms with Gasteiger partial charge in [0.05, 0.1) is 12.2 Å². The van der Waals surface area contributed by atoms with Crippen molar-refractivity contribution in [2.75, 3.05) is 33.3 Å². The molecule has 1 aliphatic heterocycles. The van der Waals surface area contributed by atoms with Crippen molar-refractivity contribution in [3.63, 3.8) is 0 Å². The number of nitrogens with zero attached hydrogens (tertiary/aromatic N) is 3. The Labute approximate surface area is 257 Å². The summed E-state index contributed by atoms with van der Waals surface area (Å²) in [6.45, 7) is 14.9. The summed E-state index contributed by atoms with van der Waals surface area (Å²) < 4.78 is 13.3. The van der Waals surface area contributed by atoms with E-state index in [1.54, 1.807) is 0 Å². The molecule has 0 spiro atoms. The number of esters is 1. The van der Waals surface area contributed by atoms with Gasteiger partial charge in [-0.1, -0.05) is 27.2 Å². The molecule has 2 aliphatic rings. The van der Waals surface area contributed by atoms with E-state index in [-0.39, 0.29) is 65.6 Å². The van der Waals surface area contributed by atoms with E-state index in [4.69, 9.17) is 14.6 Å². The molecule has 39 heavy (non-hydrogen) atoms. The molecule has 1 saturated heterocycles. The minimum atomic E-state index is -0.956.